The molecule has 0 spiro atoms. The lowest BCUT2D eigenvalue weighted by Gasteiger charge is -2.33. The zero-order valence-corrected chi connectivity index (χ0v) is 12.6. The van der Waals surface area contributed by atoms with Gasteiger partial charge in [-0.3, -0.25) is 4.79 Å². The largest absolute Gasteiger partial charge is 0.481 e. The maximum atomic E-state index is 14.1. The molecule has 0 radical (unpaired) electrons. The summed E-state index contributed by atoms with van der Waals surface area (Å²) in [5.74, 6) is -1.56. The van der Waals surface area contributed by atoms with Crippen LogP contribution in [0.4, 0.5) is 10.1 Å². The lowest BCUT2D eigenvalue weighted by molar-refractivity contribution is -0.141. The fourth-order valence-corrected chi connectivity index (χ4v) is 2.74. The van der Waals surface area contributed by atoms with E-state index < -0.39 is 11.9 Å². The fraction of sp³-hybridized carbons (Fsp3) is 0.562. The number of rotatable bonds is 7. The maximum Gasteiger partial charge on any atom is 0.308 e. The van der Waals surface area contributed by atoms with E-state index in [1.807, 2.05) is 4.90 Å². The van der Waals surface area contributed by atoms with Crippen molar-refractivity contribution in [3.63, 3.8) is 0 Å². The van der Waals surface area contributed by atoms with Crippen molar-refractivity contribution in [3.8, 4) is 0 Å². The van der Waals surface area contributed by atoms with Crippen LogP contribution in [-0.4, -0.2) is 42.4 Å². The molecule has 1 aromatic rings. The lowest BCUT2D eigenvalue weighted by atomic mass is 9.97. The molecule has 2 rings (SSSR count). The Labute approximate surface area is 129 Å². The molecule has 1 unspecified atom stereocenters. The quantitative estimate of drug-likeness (QED) is 0.667. The van der Waals surface area contributed by atoms with Gasteiger partial charge in [0.25, 0.3) is 0 Å². The normalized spacial score (nSPS) is 18.5. The van der Waals surface area contributed by atoms with Crippen molar-refractivity contribution in [3.05, 3.63) is 29.6 Å². The van der Waals surface area contributed by atoms with Crippen LogP contribution in [0.3, 0.4) is 0 Å². The zero-order chi connectivity index (χ0) is 15.9. The van der Waals surface area contributed by atoms with Gasteiger partial charge in [-0.1, -0.05) is 6.07 Å². The molecule has 22 heavy (non-hydrogen) atoms. The number of aliphatic hydroxyl groups is 1. The molecule has 0 aromatic heterocycles. The fourth-order valence-electron chi connectivity index (χ4n) is 2.74. The van der Waals surface area contributed by atoms with Crippen molar-refractivity contribution in [2.24, 2.45) is 5.92 Å². The van der Waals surface area contributed by atoms with E-state index in [1.165, 1.54) is 6.07 Å². The molecule has 6 heteroatoms. The number of aliphatic carboxylic acids is 1. The Bertz CT molecular complexity index is 510. The van der Waals surface area contributed by atoms with Gasteiger partial charge in [0.15, 0.2) is 0 Å². The SMILES string of the molecule is O=C(O)C1CCCN(c2cc(CNCCCO)ccc2F)C1. The Morgan fingerprint density at radius 3 is 3.00 bits per heavy atom. The predicted molar refractivity (Wildman–Crippen MR) is 82.4 cm³/mol. The van der Waals surface area contributed by atoms with Crippen LogP contribution in [0.25, 0.3) is 0 Å². The van der Waals surface area contributed by atoms with Gasteiger partial charge in [-0.2, -0.15) is 0 Å². The van der Waals surface area contributed by atoms with E-state index >= 15 is 0 Å². The minimum Gasteiger partial charge on any atom is -0.481 e. The third-order valence-corrected chi connectivity index (χ3v) is 3.96. The van der Waals surface area contributed by atoms with Crippen LogP contribution in [0.15, 0.2) is 18.2 Å². The second kappa shape index (κ2) is 8.10. The predicted octanol–water partition coefficient (Wildman–Crippen LogP) is 1.60. The highest BCUT2D eigenvalue weighted by atomic mass is 19.1. The van der Waals surface area contributed by atoms with Gasteiger partial charge in [-0.15, -0.1) is 0 Å². The molecule has 122 valence electrons. The molecule has 1 heterocycles. The lowest BCUT2D eigenvalue weighted by Crippen LogP contribution is -2.39. The average Bonchev–Trinajstić information content (AvgIpc) is 2.53. The summed E-state index contributed by atoms with van der Waals surface area (Å²) in [6.45, 7) is 2.49. The third kappa shape index (κ3) is 4.42. The van der Waals surface area contributed by atoms with E-state index in [-0.39, 0.29) is 12.4 Å². The van der Waals surface area contributed by atoms with E-state index in [4.69, 9.17) is 10.2 Å². The van der Waals surface area contributed by atoms with Crippen molar-refractivity contribution in [1.82, 2.24) is 5.32 Å². The number of hydrogen-bond donors (Lipinski definition) is 3. The van der Waals surface area contributed by atoms with Crippen molar-refractivity contribution in [1.29, 1.82) is 0 Å². The molecule has 0 saturated carbocycles. The molecule has 0 amide bonds. The number of nitrogens with one attached hydrogen (secondary N) is 1. The number of aliphatic hydroxyl groups excluding tert-OH is 1. The Hall–Kier alpha value is -1.66. The highest BCUT2D eigenvalue weighted by Crippen LogP contribution is 2.26. The molecule has 1 fully saturated rings. The third-order valence-electron chi connectivity index (χ3n) is 3.96. The standard InChI is InChI=1S/C16H23FN2O3/c17-14-5-4-12(10-18-6-2-8-20)9-15(14)19-7-1-3-13(11-19)16(21)22/h4-5,9,13,18,20H,1-3,6-8,10-11H2,(H,21,22). The smallest absolute Gasteiger partial charge is 0.308 e. The summed E-state index contributed by atoms with van der Waals surface area (Å²) in [4.78, 5) is 13.0. The van der Waals surface area contributed by atoms with E-state index in [0.717, 1.165) is 12.0 Å². The van der Waals surface area contributed by atoms with Crippen LogP contribution in [-0.2, 0) is 11.3 Å². The summed E-state index contributed by atoms with van der Waals surface area (Å²) in [6.07, 6.45) is 2.09. The second-order valence-electron chi connectivity index (χ2n) is 5.66. The van der Waals surface area contributed by atoms with Crippen LogP contribution in [0.2, 0.25) is 0 Å². The number of carboxylic acid groups (broad SMARTS) is 1. The van der Waals surface area contributed by atoms with Crippen molar-refractivity contribution < 1.29 is 19.4 Å². The average molecular weight is 310 g/mol. The first-order valence-electron chi connectivity index (χ1n) is 7.69. The summed E-state index contributed by atoms with van der Waals surface area (Å²) in [6, 6.07) is 4.94. The molecule has 1 aliphatic rings. The molecule has 1 saturated heterocycles. The molecule has 1 atom stereocenters. The Balaban J connectivity index is 2.04. The van der Waals surface area contributed by atoms with E-state index in [0.29, 0.717) is 44.7 Å². The minimum absolute atomic E-state index is 0.145. The van der Waals surface area contributed by atoms with E-state index in [2.05, 4.69) is 5.32 Å². The molecule has 3 N–H and O–H groups in total. The first-order chi connectivity index (χ1) is 10.6. The molecule has 5 nitrogen and oxygen atoms in total. The number of piperidine rings is 1. The van der Waals surface area contributed by atoms with Gasteiger partial charge in [0.1, 0.15) is 5.82 Å². The number of anilines is 1. The highest BCUT2D eigenvalue weighted by molar-refractivity contribution is 5.71. The van der Waals surface area contributed by atoms with Crippen molar-refractivity contribution in [2.75, 3.05) is 31.1 Å². The summed E-state index contributed by atoms with van der Waals surface area (Å²) >= 11 is 0. The van der Waals surface area contributed by atoms with Gasteiger partial charge in [0, 0.05) is 26.2 Å². The summed E-state index contributed by atoms with van der Waals surface area (Å²) in [5, 5.41) is 21.1. The van der Waals surface area contributed by atoms with Gasteiger partial charge in [0.05, 0.1) is 11.6 Å². The number of carboxylic acids is 1. The molecule has 0 bridgehead atoms. The van der Waals surface area contributed by atoms with Crippen molar-refractivity contribution >= 4 is 11.7 Å². The monoisotopic (exact) mass is 310 g/mol. The van der Waals surface area contributed by atoms with Crippen LogP contribution >= 0.6 is 0 Å². The van der Waals surface area contributed by atoms with Crippen LogP contribution in [0.5, 0.6) is 0 Å². The number of nitrogens with zero attached hydrogens (tertiary/aromatic N) is 1. The Kier molecular flexibility index (Phi) is 6.15. The van der Waals surface area contributed by atoms with Gasteiger partial charge >= 0.3 is 5.97 Å². The molecule has 1 aromatic carbocycles. The minimum atomic E-state index is -0.813. The number of carbonyl (C=O) groups is 1. The Morgan fingerprint density at radius 1 is 1.45 bits per heavy atom. The first-order valence-corrected chi connectivity index (χ1v) is 7.69. The topological polar surface area (TPSA) is 72.8 Å². The molecule has 1 aliphatic heterocycles. The highest BCUT2D eigenvalue weighted by Gasteiger charge is 2.26. The maximum absolute atomic E-state index is 14.1. The van der Waals surface area contributed by atoms with E-state index in [1.54, 1.807) is 12.1 Å². The first kappa shape index (κ1) is 16.7. The number of benzene rings is 1. The van der Waals surface area contributed by atoms with Crippen LogP contribution < -0.4 is 10.2 Å². The molecular weight excluding hydrogens is 287 g/mol. The van der Waals surface area contributed by atoms with Gasteiger partial charge in [-0.05, 0) is 43.5 Å². The van der Waals surface area contributed by atoms with Crippen LogP contribution in [0.1, 0.15) is 24.8 Å². The summed E-state index contributed by atoms with van der Waals surface area (Å²) < 4.78 is 14.1. The zero-order valence-electron chi connectivity index (χ0n) is 12.6. The second-order valence-corrected chi connectivity index (χ2v) is 5.66. The summed E-state index contributed by atoms with van der Waals surface area (Å²) in [7, 11) is 0. The molecule has 0 aliphatic carbocycles. The van der Waals surface area contributed by atoms with Gasteiger partial charge in [-0.25, -0.2) is 4.39 Å². The Morgan fingerprint density at radius 2 is 2.27 bits per heavy atom. The van der Waals surface area contributed by atoms with E-state index in [9.17, 15) is 9.18 Å². The van der Waals surface area contributed by atoms with Crippen molar-refractivity contribution in [2.45, 2.75) is 25.8 Å². The van der Waals surface area contributed by atoms with Gasteiger partial charge in [0.2, 0.25) is 0 Å². The van der Waals surface area contributed by atoms with Crippen LogP contribution in [0, 0.1) is 11.7 Å². The summed E-state index contributed by atoms with van der Waals surface area (Å²) in [5.41, 5.74) is 1.43. The number of hydrogen-bond acceptors (Lipinski definition) is 4. The number of halogens is 1. The molecular formula is C16H23FN2O3. The van der Waals surface area contributed by atoms with Gasteiger partial charge < -0.3 is 20.4 Å².